The third-order valence-corrected chi connectivity index (χ3v) is 6.88. The highest BCUT2D eigenvalue weighted by Gasteiger charge is 2.14. The molecule has 1 aromatic carbocycles. The number of rotatable bonds is 4. The first kappa shape index (κ1) is 25.1. The molecule has 1 aliphatic heterocycles. The third kappa shape index (κ3) is 6.34. The lowest BCUT2D eigenvalue weighted by molar-refractivity contribution is 0.112. The fourth-order valence-corrected chi connectivity index (χ4v) is 4.92. The number of hydrogen-bond donors (Lipinski definition) is 5. The van der Waals surface area contributed by atoms with E-state index in [1.807, 2.05) is 55.5 Å². The van der Waals surface area contributed by atoms with Gasteiger partial charge >= 0.3 is 0 Å². The predicted molar refractivity (Wildman–Crippen MR) is 150 cm³/mol. The Kier molecular flexibility index (Phi) is 7.75. The largest absolute Gasteiger partial charge is 0.402 e. The number of aryl methyl sites for hydroxylation is 1. The van der Waals surface area contributed by atoms with Gasteiger partial charge in [0.2, 0.25) is 0 Å². The fourth-order valence-electron chi connectivity index (χ4n) is 4.15. The van der Waals surface area contributed by atoms with Gasteiger partial charge in [0, 0.05) is 69.9 Å². The van der Waals surface area contributed by atoms with Crippen molar-refractivity contribution in [3.8, 4) is 0 Å². The van der Waals surface area contributed by atoms with Crippen LogP contribution in [-0.2, 0) is 6.54 Å². The van der Waals surface area contributed by atoms with Gasteiger partial charge in [0.15, 0.2) is 6.29 Å². The Balaban J connectivity index is 0.000000179. The number of benzene rings is 1. The Morgan fingerprint density at radius 3 is 2.75 bits per heavy atom. The molecule has 0 saturated carbocycles. The number of hydrogen-bond acceptors (Lipinski definition) is 8. The average Bonchev–Trinajstić information content (AvgIpc) is 3.18. The first-order valence-corrected chi connectivity index (χ1v) is 12.7. The molecule has 8 N–H and O–H groups in total. The van der Waals surface area contributed by atoms with Gasteiger partial charge in [-0.1, -0.05) is 6.08 Å². The quantitative estimate of drug-likeness (QED) is 0.323. The number of fused-ring (bicyclic) bond motifs is 2. The van der Waals surface area contributed by atoms with Crippen molar-refractivity contribution in [3.05, 3.63) is 98.8 Å². The lowest BCUT2D eigenvalue weighted by atomic mass is 10.1. The lowest BCUT2D eigenvalue weighted by Gasteiger charge is -2.12. The first-order chi connectivity index (χ1) is 17.3. The number of nitrogen functional groups attached to an aromatic ring is 1. The molecular formula is C28H32N6OS. The van der Waals surface area contributed by atoms with Gasteiger partial charge in [0.05, 0.1) is 10.4 Å². The highest BCUT2D eigenvalue weighted by atomic mass is 32.1. The molecule has 0 amide bonds. The molecular weight excluding hydrogens is 468 g/mol. The smallest absolute Gasteiger partial charge is 0.160 e. The molecule has 3 aromatic rings. The number of nitrogens with two attached hydrogens (primary N) is 3. The van der Waals surface area contributed by atoms with Gasteiger partial charge in [-0.2, -0.15) is 0 Å². The van der Waals surface area contributed by atoms with E-state index >= 15 is 0 Å². The number of nitrogens with one attached hydrogen (secondary N) is 2. The molecule has 7 nitrogen and oxygen atoms in total. The Morgan fingerprint density at radius 1 is 1.14 bits per heavy atom. The molecule has 2 aromatic heterocycles. The van der Waals surface area contributed by atoms with E-state index in [0.717, 1.165) is 73.9 Å². The summed E-state index contributed by atoms with van der Waals surface area (Å²) in [4.78, 5) is 17.0. The molecule has 0 bridgehead atoms. The second kappa shape index (κ2) is 11.1. The molecule has 1 atom stereocenters. The number of thiophene rings is 1. The Labute approximate surface area is 215 Å². The van der Waals surface area contributed by atoms with Gasteiger partial charge in [-0.3, -0.25) is 9.78 Å². The maximum absolute atomic E-state index is 10.7. The summed E-state index contributed by atoms with van der Waals surface area (Å²) in [5.74, 6) is 0. The van der Waals surface area contributed by atoms with E-state index in [-0.39, 0.29) is 6.04 Å². The van der Waals surface area contributed by atoms with Crippen molar-refractivity contribution in [1.82, 2.24) is 10.3 Å². The zero-order chi connectivity index (χ0) is 25.7. The molecule has 0 radical (unpaired) electrons. The van der Waals surface area contributed by atoms with Gasteiger partial charge < -0.3 is 27.8 Å². The van der Waals surface area contributed by atoms with Gasteiger partial charge in [-0.25, -0.2) is 0 Å². The molecule has 186 valence electrons. The SMILES string of the molecule is CC1C=C(N)CC2=CCC(N)=CC=C2N1.Cc1cc(N)c2cc(NCc3ccc(C=O)s3)ccc2n1. The summed E-state index contributed by atoms with van der Waals surface area (Å²) >= 11 is 1.49. The monoisotopic (exact) mass is 500 g/mol. The van der Waals surface area contributed by atoms with Crippen molar-refractivity contribution in [2.24, 2.45) is 11.5 Å². The number of nitrogens with zero attached hydrogens (tertiary/aromatic N) is 1. The zero-order valence-corrected chi connectivity index (χ0v) is 21.4. The normalized spacial score (nSPS) is 17.0. The number of carbonyl (C=O) groups excluding carboxylic acids is 1. The van der Waals surface area contributed by atoms with E-state index in [9.17, 15) is 4.79 Å². The van der Waals surface area contributed by atoms with Crippen LogP contribution in [0.25, 0.3) is 10.9 Å². The number of aromatic nitrogens is 1. The summed E-state index contributed by atoms with van der Waals surface area (Å²) in [6.07, 6.45) is 10.7. The van der Waals surface area contributed by atoms with Crippen LogP contribution in [0.5, 0.6) is 0 Å². The second-order valence-corrected chi connectivity index (χ2v) is 10.2. The van der Waals surface area contributed by atoms with E-state index in [4.69, 9.17) is 17.2 Å². The van der Waals surface area contributed by atoms with Crippen molar-refractivity contribution >= 4 is 39.9 Å². The van der Waals surface area contributed by atoms with Gasteiger partial charge in [0.25, 0.3) is 0 Å². The minimum atomic E-state index is 0.273. The van der Waals surface area contributed by atoms with Crippen LogP contribution in [0, 0.1) is 6.92 Å². The van der Waals surface area contributed by atoms with Crippen LogP contribution in [0.4, 0.5) is 11.4 Å². The summed E-state index contributed by atoms with van der Waals surface area (Å²) in [5.41, 5.74) is 25.5. The third-order valence-electron chi connectivity index (χ3n) is 5.87. The molecule has 0 fully saturated rings. The van der Waals surface area contributed by atoms with Crippen molar-refractivity contribution in [3.63, 3.8) is 0 Å². The lowest BCUT2D eigenvalue weighted by Crippen LogP contribution is -2.22. The van der Waals surface area contributed by atoms with Gasteiger partial charge in [-0.05, 0) is 74.0 Å². The van der Waals surface area contributed by atoms with E-state index in [1.165, 1.54) is 16.9 Å². The molecule has 8 heteroatoms. The van der Waals surface area contributed by atoms with Crippen LogP contribution in [0.15, 0.2) is 83.4 Å². The summed E-state index contributed by atoms with van der Waals surface area (Å²) in [7, 11) is 0. The maximum Gasteiger partial charge on any atom is 0.160 e. The molecule has 3 heterocycles. The number of allylic oxidation sites excluding steroid dienone is 5. The topological polar surface area (TPSA) is 132 Å². The standard InChI is InChI=1S/C16H15N3OS.C12H17N3/c1-10-6-15(17)14-7-11(2-5-16(14)19-10)18-8-12-3-4-13(9-20)21-12;1-8-6-11(14)7-9-2-3-10(13)4-5-12(9)15-8/h2-7,9,18H,8H2,1H3,(H2,17,19);2,4-6,8,15H,3,7,13-14H2,1H3. The van der Waals surface area contributed by atoms with Crippen LogP contribution in [0.1, 0.15) is 40.0 Å². The van der Waals surface area contributed by atoms with Gasteiger partial charge in [0.1, 0.15) is 0 Å². The maximum atomic E-state index is 10.7. The predicted octanol–water partition coefficient (Wildman–Crippen LogP) is 4.88. The van der Waals surface area contributed by atoms with E-state index in [1.54, 1.807) is 0 Å². The second-order valence-electron chi connectivity index (χ2n) is 8.97. The van der Waals surface area contributed by atoms with Crippen LogP contribution in [-0.4, -0.2) is 17.3 Å². The van der Waals surface area contributed by atoms with Crippen LogP contribution in [0.2, 0.25) is 0 Å². The Bertz CT molecular complexity index is 1400. The molecule has 1 unspecified atom stereocenters. The fraction of sp³-hybridized carbons (Fsp3) is 0.214. The van der Waals surface area contributed by atoms with Crippen molar-refractivity contribution < 1.29 is 4.79 Å². The number of pyridine rings is 1. The van der Waals surface area contributed by atoms with Crippen LogP contribution < -0.4 is 27.8 Å². The molecule has 36 heavy (non-hydrogen) atoms. The number of aldehydes is 1. The first-order valence-electron chi connectivity index (χ1n) is 11.8. The van der Waals surface area contributed by atoms with Crippen molar-refractivity contribution in [1.29, 1.82) is 0 Å². The van der Waals surface area contributed by atoms with Crippen LogP contribution in [0.3, 0.4) is 0 Å². The molecule has 5 rings (SSSR count). The summed E-state index contributed by atoms with van der Waals surface area (Å²) in [6.45, 7) is 4.71. The zero-order valence-electron chi connectivity index (χ0n) is 20.5. The van der Waals surface area contributed by atoms with Crippen molar-refractivity contribution in [2.75, 3.05) is 11.1 Å². The molecule has 0 saturated heterocycles. The van der Waals surface area contributed by atoms with E-state index in [2.05, 4.69) is 34.7 Å². The summed E-state index contributed by atoms with van der Waals surface area (Å²) < 4.78 is 0. The highest BCUT2D eigenvalue weighted by molar-refractivity contribution is 7.13. The Hall–Kier alpha value is -4.04. The van der Waals surface area contributed by atoms with Crippen molar-refractivity contribution in [2.45, 2.75) is 39.3 Å². The molecule has 2 aliphatic rings. The van der Waals surface area contributed by atoms with Crippen LogP contribution >= 0.6 is 11.3 Å². The summed E-state index contributed by atoms with van der Waals surface area (Å²) in [6, 6.07) is 11.9. The molecule has 0 spiro atoms. The number of anilines is 2. The Morgan fingerprint density at radius 2 is 1.97 bits per heavy atom. The van der Waals surface area contributed by atoms with E-state index < -0.39 is 0 Å². The minimum Gasteiger partial charge on any atom is -0.402 e. The number of carbonyl (C=O) groups is 1. The highest BCUT2D eigenvalue weighted by Crippen LogP contribution is 2.25. The minimum absolute atomic E-state index is 0.273. The molecule has 1 aliphatic carbocycles. The summed E-state index contributed by atoms with van der Waals surface area (Å²) in [5, 5.41) is 7.70. The van der Waals surface area contributed by atoms with E-state index in [0.29, 0.717) is 6.54 Å². The average molecular weight is 501 g/mol. The van der Waals surface area contributed by atoms with Gasteiger partial charge in [-0.15, -0.1) is 11.3 Å².